The Hall–Kier alpha value is -2.31. The molecule has 0 atom stereocenters. The van der Waals surface area contributed by atoms with Crippen molar-refractivity contribution in [1.82, 2.24) is 5.01 Å². The molecular weight excluding hydrogens is 258 g/mol. The van der Waals surface area contributed by atoms with Gasteiger partial charge in [-0.15, -0.1) is 0 Å². The molecule has 0 saturated heterocycles. The highest BCUT2D eigenvalue weighted by Crippen LogP contribution is 2.16. The van der Waals surface area contributed by atoms with Gasteiger partial charge in [0.15, 0.2) is 0 Å². The van der Waals surface area contributed by atoms with E-state index in [0.717, 1.165) is 23.2 Å². The number of nitrogens with zero attached hydrogens (tertiary/aromatic N) is 2. The van der Waals surface area contributed by atoms with Crippen LogP contribution >= 0.6 is 0 Å². The summed E-state index contributed by atoms with van der Waals surface area (Å²) in [6.07, 6.45) is 0.0262. The molecule has 1 N–H and O–H groups in total. The first-order chi connectivity index (χ1) is 8.97. The molecule has 0 spiro atoms. The second kappa shape index (κ2) is 5.13. The summed E-state index contributed by atoms with van der Waals surface area (Å²) in [5.74, 6) is -2.96. The average molecular weight is 268 g/mol. The van der Waals surface area contributed by atoms with E-state index in [-0.39, 0.29) is 30.7 Å². The van der Waals surface area contributed by atoms with Crippen molar-refractivity contribution in [2.24, 2.45) is 5.10 Å². The number of hydrogen-bond donors (Lipinski definition) is 1. The zero-order valence-corrected chi connectivity index (χ0v) is 9.77. The van der Waals surface area contributed by atoms with Crippen molar-refractivity contribution in [3.8, 4) is 0 Å². The van der Waals surface area contributed by atoms with Crippen molar-refractivity contribution in [3.05, 3.63) is 35.4 Å². The Bertz CT molecular complexity index is 572. The molecule has 1 aromatic rings. The van der Waals surface area contributed by atoms with Gasteiger partial charge in [0.1, 0.15) is 17.3 Å². The maximum atomic E-state index is 13.4. The molecule has 19 heavy (non-hydrogen) atoms. The lowest BCUT2D eigenvalue weighted by Crippen LogP contribution is -2.34. The van der Waals surface area contributed by atoms with E-state index in [2.05, 4.69) is 5.10 Å². The Labute approximate surface area is 107 Å². The molecule has 100 valence electrons. The molecule has 0 bridgehead atoms. The number of benzene rings is 1. The van der Waals surface area contributed by atoms with Gasteiger partial charge < -0.3 is 5.11 Å². The highest BCUT2D eigenvalue weighted by atomic mass is 19.1. The number of carbonyl (C=O) groups is 2. The van der Waals surface area contributed by atoms with Crippen molar-refractivity contribution in [3.63, 3.8) is 0 Å². The molecule has 0 aliphatic carbocycles. The molecule has 1 aromatic carbocycles. The number of carboxylic acids is 1. The van der Waals surface area contributed by atoms with Crippen LogP contribution in [0.5, 0.6) is 0 Å². The Morgan fingerprint density at radius 3 is 2.79 bits per heavy atom. The van der Waals surface area contributed by atoms with Crippen LogP contribution in [-0.2, 0) is 16.1 Å². The van der Waals surface area contributed by atoms with Crippen LogP contribution in [0.2, 0.25) is 0 Å². The molecule has 0 unspecified atom stereocenters. The molecule has 1 heterocycles. The normalized spacial score (nSPS) is 15.4. The predicted molar refractivity (Wildman–Crippen MR) is 61.2 cm³/mol. The number of aliphatic carboxylic acids is 1. The quantitative estimate of drug-likeness (QED) is 0.903. The van der Waals surface area contributed by atoms with E-state index in [9.17, 15) is 18.4 Å². The van der Waals surface area contributed by atoms with E-state index in [1.54, 1.807) is 0 Å². The van der Waals surface area contributed by atoms with Crippen LogP contribution in [0.1, 0.15) is 18.4 Å². The number of carbonyl (C=O) groups excluding carboxylic acids is 1. The maximum absolute atomic E-state index is 13.4. The molecule has 0 radical (unpaired) electrons. The van der Waals surface area contributed by atoms with Crippen LogP contribution in [0.15, 0.2) is 23.3 Å². The van der Waals surface area contributed by atoms with Crippen LogP contribution < -0.4 is 0 Å². The number of halogens is 2. The number of amides is 1. The average Bonchev–Trinajstić information content (AvgIpc) is 2.36. The fourth-order valence-electron chi connectivity index (χ4n) is 1.70. The second-order valence-electron chi connectivity index (χ2n) is 4.04. The Morgan fingerprint density at radius 2 is 2.11 bits per heavy atom. The van der Waals surface area contributed by atoms with Gasteiger partial charge in [0, 0.05) is 18.4 Å². The van der Waals surface area contributed by atoms with Gasteiger partial charge in [0.05, 0.1) is 6.54 Å². The zero-order valence-electron chi connectivity index (χ0n) is 9.77. The smallest absolute Gasteiger partial charge is 0.352 e. The van der Waals surface area contributed by atoms with Gasteiger partial charge in [-0.1, -0.05) is 0 Å². The van der Waals surface area contributed by atoms with Crippen molar-refractivity contribution in [1.29, 1.82) is 0 Å². The van der Waals surface area contributed by atoms with E-state index in [4.69, 9.17) is 5.11 Å². The van der Waals surface area contributed by atoms with E-state index in [1.807, 2.05) is 0 Å². The lowest BCUT2D eigenvalue weighted by molar-refractivity contribution is -0.133. The summed E-state index contributed by atoms with van der Waals surface area (Å²) in [5.41, 5.74) is -0.222. The summed E-state index contributed by atoms with van der Waals surface area (Å²) in [6, 6.07) is 2.86. The molecule has 2 rings (SSSR count). The summed E-state index contributed by atoms with van der Waals surface area (Å²) in [7, 11) is 0. The summed E-state index contributed by atoms with van der Waals surface area (Å²) in [6.45, 7) is -0.292. The standard InChI is InChI=1S/C12H10F2N2O3/c13-8-1-2-9(14)7(5-8)6-16-11(17)4-3-10(15-16)12(18)19/h1-2,5H,3-4,6H2,(H,18,19). The molecule has 1 aliphatic heterocycles. The number of hydrogen-bond acceptors (Lipinski definition) is 3. The molecular formula is C12H10F2N2O3. The molecule has 1 amide bonds. The topological polar surface area (TPSA) is 70.0 Å². The van der Waals surface area contributed by atoms with Gasteiger partial charge in [-0.3, -0.25) is 4.79 Å². The molecule has 1 aliphatic rings. The molecule has 0 saturated carbocycles. The number of rotatable bonds is 3. The first-order valence-corrected chi connectivity index (χ1v) is 5.52. The lowest BCUT2D eigenvalue weighted by atomic mass is 10.1. The van der Waals surface area contributed by atoms with Gasteiger partial charge in [-0.2, -0.15) is 5.10 Å². The van der Waals surface area contributed by atoms with Gasteiger partial charge >= 0.3 is 5.97 Å². The zero-order chi connectivity index (χ0) is 14.0. The molecule has 5 nitrogen and oxygen atoms in total. The van der Waals surface area contributed by atoms with E-state index in [1.165, 1.54) is 0 Å². The molecule has 0 fully saturated rings. The third kappa shape index (κ3) is 2.93. The van der Waals surface area contributed by atoms with Crippen LogP contribution in [0.4, 0.5) is 8.78 Å². The first kappa shape index (κ1) is 13.1. The van der Waals surface area contributed by atoms with Gasteiger partial charge in [0.25, 0.3) is 0 Å². The summed E-state index contributed by atoms with van der Waals surface area (Å²) < 4.78 is 26.4. The first-order valence-electron chi connectivity index (χ1n) is 5.52. The summed E-state index contributed by atoms with van der Waals surface area (Å²) in [4.78, 5) is 22.3. The minimum absolute atomic E-state index is 0.0118. The van der Waals surface area contributed by atoms with Gasteiger partial charge in [0.2, 0.25) is 5.91 Å². The second-order valence-corrected chi connectivity index (χ2v) is 4.04. The van der Waals surface area contributed by atoms with Crippen molar-refractivity contribution in [2.75, 3.05) is 0 Å². The lowest BCUT2D eigenvalue weighted by Gasteiger charge is -2.22. The Morgan fingerprint density at radius 1 is 1.37 bits per heavy atom. The highest BCUT2D eigenvalue weighted by Gasteiger charge is 2.24. The van der Waals surface area contributed by atoms with Crippen molar-refractivity contribution < 1.29 is 23.5 Å². The van der Waals surface area contributed by atoms with Gasteiger partial charge in [-0.25, -0.2) is 18.6 Å². The van der Waals surface area contributed by atoms with Crippen LogP contribution in [-0.4, -0.2) is 27.7 Å². The Kier molecular flexibility index (Phi) is 3.55. The number of hydrazone groups is 1. The van der Waals surface area contributed by atoms with Crippen LogP contribution in [0, 0.1) is 11.6 Å². The largest absolute Gasteiger partial charge is 0.477 e. The summed E-state index contributed by atoms with van der Waals surface area (Å²) in [5, 5.41) is 13.3. The fourth-order valence-corrected chi connectivity index (χ4v) is 1.70. The van der Waals surface area contributed by atoms with Crippen molar-refractivity contribution in [2.45, 2.75) is 19.4 Å². The van der Waals surface area contributed by atoms with Crippen LogP contribution in [0.3, 0.4) is 0 Å². The minimum atomic E-state index is -1.22. The van der Waals surface area contributed by atoms with E-state index >= 15 is 0 Å². The van der Waals surface area contributed by atoms with E-state index in [0.29, 0.717) is 0 Å². The van der Waals surface area contributed by atoms with Crippen LogP contribution in [0.25, 0.3) is 0 Å². The molecule has 7 heteroatoms. The third-order valence-electron chi connectivity index (χ3n) is 2.68. The highest BCUT2D eigenvalue weighted by molar-refractivity contribution is 6.36. The van der Waals surface area contributed by atoms with Gasteiger partial charge in [-0.05, 0) is 18.2 Å². The third-order valence-corrected chi connectivity index (χ3v) is 2.68. The minimum Gasteiger partial charge on any atom is -0.477 e. The maximum Gasteiger partial charge on any atom is 0.352 e. The Balaban J connectivity index is 2.25. The SMILES string of the molecule is O=C(O)C1=NN(Cc2cc(F)ccc2F)C(=O)CC1. The summed E-state index contributed by atoms with van der Waals surface area (Å²) >= 11 is 0. The number of carboxylic acid groups (broad SMARTS) is 1. The molecule has 0 aromatic heterocycles. The predicted octanol–water partition coefficient (Wildman–Crippen LogP) is 1.53. The van der Waals surface area contributed by atoms with E-state index < -0.39 is 23.5 Å². The fraction of sp³-hybridized carbons (Fsp3) is 0.250. The monoisotopic (exact) mass is 268 g/mol. The van der Waals surface area contributed by atoms with Crippen molar-refractivity contribution >= 4 is 17.6 Å².